The topological polar surface area (TPSA) is 166 Å². The van der Waals surface area contributed by atoms with E-state index in [1.807, 2.05) is 4.90 Å². The van der Waals surface area contributed by atoms with Crippen molar-refractivity contribution < 1.29 is 43.2 Å². The average Bonchev–Trinajstić information content (AvgIpc) is 3.24. The van der Waals surface area contributed by atoms with Crippen molar-refractivity contribution in [3.63, 3.8) is 0 Å². The van der Waals surface area contributed by atoms with Crippen LogP contribution >= 0.6 is 43.2 Å². The number of hydrogen-bond donors (Lipinski definition) is 3. The van der Waals surface area contributed by atoms with Gasteiger partial charge in [0, 0.05) is 108 Å². The minimum Gasteiger partial charge on any atom is -0.465 e. The van der Waals surface area contributed by atoms with E-state index in [1.165, 1.54) is 0 Å². The maximum atomic E-state index is 12.4. The molecule has 350 valence electrons. The van der Waals surface area contributed by atoms with Crippen LogP contribution in [0.25, 0.3) is 0 Å². The van der Waals surface area contributed by atoms with Gasteiger partial charge in [-0.3, -0.25) is 19.2 Å². The first-order chi connectivity index (χ1) is 29.2. The largest absolute Gasteiger partial charge is 0.465 e. The van der Waals surface area contributed by atoms with E-state index in [2.05, 4.69) is 44.3 Å². The number of nitrogens with one attached hydrogen (secondary N) is 2. The molecule has 2 aliphatic heterocycles. The monoisotopic (exact) mass is 927 g/mol. The number of carbonyl (C=O) groups excluding carboxylic acids is 4. The Balaban J connectivity index is 1.37. The van der Waals surface area contributed by atoms with Crippen molar-refractivity contribution in [2.75, 3.05) is 181 Å². The van der Waals surface area contributed by atoms with Crippen LogP contribution in [0.15, 0.2) is 0 Å². The molecular formula is C40H77N7O9S4. The Hall–Kier alpha value is -1.04. The number of piperazine rings is 2. The molecule has 2 fully saturated rings. The summed E-state index contributed by atoms with van der Waals surface area (Å²) >= 11 is 0. The van der Waals surface area contributed by atoms with Gasteiger partial charge in [-0.25, -0.2) is 0 Å². The van der Waals surface area contributed by atoms with Gasteiger partial charge in [0.25, 0.3) is 0 Å². The SMILES string of the molecule is CN1CCN(CCCNCCC(=O)OCCSSCCOC(=O)CCN(CCCCO)CCC(=O)OCCSSCCOC(=O)CCNCCCN2CCN(C)CC2)CC1. The molecule has 3 N–H and O–H groups in total. The van der Waals surface area contributed by atoms with Crippen LogP contribution in [0.2, 0.25) is 0 Å². The highest BCUT2D eigenvalue weighted by molar-refractivity contribution is 8.77. The van der Waals surface area contributed by atoms with E-state index in [9.17, 15) is 24.3 Å². The zero-order chi connectivity index (χ0) is 43.3. The first-order valence-corrected chi connectivity index (χ1v) is 26.9. The summed E-state index contributed by atoms with van der Waals surface area (Å²) in [7, 11) is 10.6. The van der Waals surface area contributed by atoms with E-state index in [1.54, 1.807) is 43.2 Å². The highest BCUT2D eigenvalue weighted by Gasteiger charge is 2.15. The number of unbranched alkanes of at least 4 members (excludes halogenated alkanes) is 1. The van der Waals surface area contributed by atoms with E-state index in [0.717, 1.165) is 97.8 Å². The Kier molecular flexibility index (Phi) is 35.3. The zero-order valence-corrected chi connectivity index (χ0v) is 39.9. The van der Waals surface area contributed by atoms with Crippen molar-refractivity contribution in [3.05, 3.63) is 0 Å². The summed E-state index contributed by atoms with van der Waals surface area (Å²) in [6, 6.07) is 0. The number of carbonyl (C=O) groups is 4. The molecule has 0 spiro atoms. The Labute approximate surface area is 376 Å². The minimum atomic E-state index is -0.291. The summed E-state index contributed by atoms with van der Waals surface area (Å²) in [4.78, 5) is 60.5. The Bertz CT molecular complexity index is 1030. The van der Waals surface area contributed by atoms with Gasteiger partial charge in [0.15, 0.2) is 0 Å². The standard InChI is InChI=1S/C40H77N7O9S4/c1-43-20-24-46(25-21-43)16-5-11-41-13-7-37(49)53-29-33-57-59-35-31-55-39(51)9-18-45(15-3-4-28-48)19-10-40(52)56-32-36-60-58-34-30-54-38(50)8-14-42-12-6-17-47-26-22-44(2)23-27-47/h41-42,48H,3-36H2,1-2H3. The fraction of sp³-hybridized carbons (Fsp3) is 0.900. The second-order valence-corrected chi connectivity index (χ2v) is 20.3. The number of hydrogen-bond acceptors (Lipinski definition) is 20. The van der Waals surface area contributed by atoms with Crippen molar-refractivity contribution in [2.45, 2.75) is 51.4 Å². The van der Waals surface area contributed by atoms with Gasteiger partial charge < -0.3 is 59.2 Å². The second kappa shape index (κ2) is 38.4. The van der Waals surface area contributed by atoms with Crippen molar-refractivity contribution in [1.29, 1.82) is 0 Å². The highest BCUT2D eigenvalue weighted by Crippen LogP contribution is 2.21. The lowest BCUT2D eigenvalue weighted by atomic mass is 10.2. The fourth-order valence-electron chi connectivity index (χ4n) is 6.19. The summed E-state index contributed by atoms with van der Waals surface area (Å²) in [5.74, 6) is 1.64. The maximum absolute atomic E-state index is 12.4. The molecule has 0 radical (unpaired) electrons. The van der Waals surface area contributed by atoms with Gasteiger partial charge in [0.05, 0.1) is 25.7 Å². The molecule has 16 nitrogen and oxygen atoms in total. The third-order valence-corrected chi connectivity index (χ3v) is 14.6. The van der Waals surface area contributed by atoms with E-state index < -0.39 is 0 Å². The smallest absolute Gasteiger partial charge is 0.307 e. The molecule has 0 atom stereocenters. The van der Waals surface area contributed by atoms with Gasteiger partial charge in [-0.05, 0) is 72.5 Å². The highest BCUT2D eigenvalue weighted by atomic mass is 33.1. The average molecular weight is 928 g/mol. The maximum Gasteiger partial charge on any atom is 0.307 e. The molecule has 2 saturated heterocycles. The van der Waals surface area contributed by atoms with Crippen molar-refractivity contribution in [2.24, 2.45) is 0 Å². The summed E-state index contributed by atoms with van der Waals surface area (Å²) in [6.07, 6.45) is 4.72. The Morgan fingerprint density at radius 3 is 1.23 bits per heavy atom. The quantitative estimate of drug-likeness (QED) is 0.0356. The molecular weight excluding hydrogens is 851 g/mol. The molecule has 2 aliphatic rings. The summed E-state index contributed by atoms with van der Waals surface area (Å²) in [6.45, 7) is 17.2. The normalized spacial score (nSPS) is 15.7. The Morgan fingerprint density at radius 2 is 0.867 bits per heavy atom. The number of nitrogens with zero attached hydrogens (tertiary/aromatic N) is 5. The number of ether oxygens (including phenoxy) is 4. The number of rotatable bonds is 38. The molecule has 2 heterocycles. The van der Waals surface area contributed by atoms with Crippen LogP contribution in [-0.4, -0.2) is 235 Å². The summed E-state index contributed by atoms with van der Waals surface area (Å²) in [5, 5.41) is 15.9. The van der Waals surface area contributed by atoms with Crippen LogP contribution in [0.1, 0.15) is 51.4 Å². The lowest BCUT2D eigenvalue weighted by Gasteiger charge is -2.32. The second-order valence-electron chi connectivity index (χ2n) is 14.9. The number of esters is 4. The molecule has 0 aromatic carbocycles. The third kappa shape index (κ3) is 32.6. The molecule has 0 aromatic rings. The van der Waals surface area contributed by atoms with E-state index in [0.29, 0.717) is 101 Å². The molecule has 0 aliphatic carbocycles. The summed E-state index contributed by atoms with van der Waals surface area (Å²) < 4.78 is 21.4. The number of likely N-dealkylation sites (N-methyl/N-ethyl adjacent to an activating group) is 2. The zero-order valence-electron chi connectivity index (χ0n) is 36.6. The molecule has 0 saturated carbocycles. The van der Waals surface area contributed by atoms with E-state index in [4.69, 9.17) is 18.9 Å². The molecule has 2 rings (SSSR count). The minimum absolute atomic E-state index is 0.0959. The molecule has 60 heavy (non-hydrogen) atoms. The number of aliphatic hydroxyl groups excluding tert-OH is 1. The van der Waals surface area contributed by atoms with Crippen molar-refractivity contribution >= 4 is 67.1 Å². The van der Waals surface area contributed by atoms with Crippen LogP contribution < -0.4 is 10.6 Å². The first-order valence-electron chi connectivity index (χ1n) is 21.9. The van der Waals surface area contributed by atoms with Gasteiger partial charge in [-0.2, -0.15) is 0 Å². The third-order valence-electron chi connectivity index (χ3n) is 9.89. The predicted octanol–water partition coefficient (Wildman–Crippen LogP) is 2.01. The molecule has 0 unspecified atom stereocenters. The first kappa shape index (κ1) is 55.1. The molecule has 0 bridgehead atoms. The van der Waals surface area contributed by atoms with Crippen LogP contribution in [0.3, 0.4) is 0 Å². The van der Waals surface area contributed by atoms with Gasteiger partial charge >= 0.3 is 23.9 Å². The fourth-order valence-corrected chi connectivity index (χ4v) is 9.50. The van der Waals surface area contributed by atoms with Gasteiger partial charge in [-0.15, -0.1) is 0 Å². The lowest BCUT2D eigenvalue weighted by molar-refractivity contribution is -0.144. The van der Waals surface area contributed by atoms with E-state index in [-0.39, 0.29) is 43.3 Å². The van der Waals surface area contributed by atoms with Gasteiger partial charge in [-0.1, -0.05) is 43.2 Å². The van der Waals surface area contributed by atoms with Crippen LogP contribution in [0, 0.1) is 0 Å². The van der Waals surface area contributed by atoms with Crippen molar-refractivity contribution in [3.8, 4) is 0 Å². The van der Waals surface area contributed by atoms with Crippen LogP contribution in [0.4, 0.5) is 0 Å². The van der Waals surface area contributed by atoms with Crippen LogP contribution in [0.5, 0.6) is 0 Å². The summed E-state index contributed by atoms with van der Waals surface area (Å²) in [5.41, 5.74) is 0. The van der Waals surface area contributed by atoms with Gasteiger partial charge in [0.1, 0.15) is 26.4 Å². The lowest BCUT2D eigenvalue weighted by Crippen LogP contribution is -2.45. The molecule has 0 amide bonds. The van der Waals surface area contributed by atoms with Gasteiger partial charge in [0.2, 0.25) is 0 Å². The molecule has 0 aromatic heterocycles. The molecule has 20 heteroatoms. The van der Waals surface area contributed by atoms with Crippen molar-refractivity contribution in [1.82, 2.24) is 35.1 Å². The van der Waals surface area contributed by atoms with Crippen LogP contribution in [-0.2, 0) is 38.1 Å². The predicted molar refractivity (Wildman–Crippen MR) is 248 cm³/mol. The number of aliphatic hydroxyl groups is 1. The van der Waals surface area contributed by atoms with E-state index >= 15 is 0 Å². The Morgan fingerprint density at radius 1 is 0.500 bits per heavy atom.